The maximum absolute atomic E-state index is 12.8. The number of anilines is 1. The number of pyridine rings is 1. The fraction of sp³-hybridized carbons (Fsp3) is 0.217. The Morgan fingerprint density at radius 1 is 0.968 bits per heavy atom. The molecule has 0 aliphatic heterocycles. The molecule has 0 saturated carbocycles. The molecule has 160 valence electrons. The zero-order chi connectivity index (χ0) is 22.0. The van der Waals surface area contributed by atoms with Gasteiger partial charge in [0, 0.05) is 11.9 Å². The van der Waals surface area contributed by atoms with Crippen LogP contribution in [0.4, 0.5) is 5.69 Å². The van der Waals surface area contributed by atoms with Crippen molar-refractivity contribution in [2.45, 2.75) is 31.7 Å². The monoisotopic (exact) mass is 436 g/mol. The summed E-state index contributed by atoms with van der Waals surface area (Å²) >= 11 is 0. The maximum atomic E-state index is 12.8. The summed E-state index contributed by atoms with van der Waals surface area (Å²) < 4.78 is 31.0. The number of rotatable bonds is 7. The van der Waals surface area contributed by atoms with Crippen LogP contribution in [0.1, 0.15) is 25.0 Å². The van der Waals surface area contributed by atoms with Crippen LogP contribution in [0.25, 0.3) is 5.65 Å². The van der Waals surface area contributed by atoms with E-state index in [-0.39, 0.29) is 17.1 Å². The second-order valence-electron chi connectivity index (χ2n) is 7.92. The van der Waals surface area contributed by atoms with Gasteiger partial charge in [-0.05, 0) is 59.9 Å². The maximum Gasteiger partial charge on any atom is 0.350 e. The van der Waals surface area contributed by atoms with Crippen LogP contribution >= 0.6 is 0 Å². The van der Waals surface area contributed by atoms with Crippen molar-refractivity contribution in [3.8, 4) is 0 Å². The van der Waals surface area contributed by atoms with Gasteiger partial charge in [-0.2, -0.15) is 0 Å². The zero-order valence-corrected chi connectivity index (χ0v) is 18.2. The van der Waals surface area contributed by atoms with Crippen molar-refractivity contribution < 1.29 is 8.42 Å². The average Bonchev–Trinajstić information content (AvgIpc) is 3.03. The zero-order valence-electron chi connectivity index (χ0n) is 17.4. The Morgan fingerprint density at radius 3 is 2.45 bits per heavy atom. The van der Waals surface area contributed by atoms with E-state index in [9.17, 15) is 13.2 Å². The van der Waals surface area contributed by atoms with Crippen LogP contribution in [0.3, 0.4) is 0 Å². The lowest BCUT2D eigenvalue weighted by atomic mass is 10.0. The summed E-state index contributed by atoms with van der Waals surface area (Å²) in [5.74, 6) is 0.503. The van der Waals surface area contributed by atoms with Crippen molar-refractivity contribution in [2.75, 3.05) is 4.72 Å². The van der Waals surface area contributed by atoms with Crippen LogP contribution < -0.4 is 10.4 Å². The van der Waals surface area contributed by atoms with Gasteiger partial charge in [0.25, 0.3) is 10.0 Å². The van der Waals surface area contributed by atoms with Crippen molar-refractivity contribution >= 4 is 21.4 Å². The van der Waals surface area contributed by atoms with E-state index in [1.165, 1.54) is 9.08 Å². The minimum atomic E-state index is -3.72. The third-order valence-electron chi connectivity index (χ3n) is 4.88. The number of benzene rings is 2. The first-order valence-corrected chi connectivity index (χ1v) is 11.5. The largest absolute Gasteiger partial charge is 0.350 e. The molecule has 0 saturated heterocycles. The summed E-state index contributed by atoms with van der Waals surface area (Å²) in [6, 6.07) is 19.3. The molecule has 0 aliphatic rings. The molecular formula is C23H24N4O3S. The Morgan fingerprint density at radius 2 is 1.74 bits per heavy atom. The van der Waals surface area contributed by atoms with E-state index in [0.29, 0.717) is 17.3 Å². The summed E-state index contributed by atoms with van der Waals surface area (Å²) in [6.45, 7) is 4.49. The SMILES string of the molecule is CC(C)Cc1ccc(S(=O)(=O)Nc2cccc(Cn3nc4ccccn4c3=O)c2)cc1. The van der Waals surface area contributed by atoms with Gasteiger partial charge in [0.2, 0.25) is 0 Å². The van der Waals surface area contributed by atoms with Crippen LogP contribution in [-0.4, -0.2) is 22.6 Å². The van der Waals surface area contributed by atoms with Crippen LogP contribution in [0.15, 0.2) is 82.6 Å². The Kier molecular flexibility index (Phi) is 5.65. The molecule has 7 nitrogen and oxygen atoms in total. The lowest BCUT2D eigenvalue weighted by molar-refractivity contribution is 0.601. The van der Waals surface area contributed by atoms with Crippen LogP contribution in [0.2, 0.25) is 0 Å². The average molecular weight is 437 g/mol. The Hall–Kier alpha value is -3.39. The smallest absolute Gasteiger partial charge is 0.280 e. The molecule has 0 bridgehead atoms. The first kappa shape index (κ1) is 20.9. The predicted molar refractivity (Wildman–Crippen MR) is 121 cm³/mol. The molecule has 31 heavy (non-hydrogen) atoms. The van der Waals surface area contributed by atoms with E-state index < -0.39 is 10.0 Å². The van der Waals surface area contributed by atoms with Gasteiger partial charge in [-0.25, -0.2) is 17.9 Å². The number of hydrogen-bond donors (Lipinski definition) is 1. The van der Waals surface area contributed by atoms with Crippen LogP contribution in [0.5, 0.6) is 0 Å². The van der Waals surface area contributed by atoms with Crippen molar-refractivity contribution in [3.63, 3.8) is 0 Å². The van der Waals surface area contributed by atoms with Gasteiger partial charge in [-0.3, -0.25) is 9.12 Å². The van der Waals surface area contributed by atoms with Crippen molar-refractivity contribution in [1.29, 1.82) is 0 Å². The molecule has 2 aromatic carbocycles. The summed E-state index contributed by atoms with van der Waals surface area (Å²) in [5.41, 5.74) is 2.61. The van der Waals surface area contributed by atoms with Crippen molar-refractivity contribution in [2.24, 2.45) is 5.92 Å². The van der Waals surface area contributed by atoms with E-state index in [0.717, 1.165) is 17.5 Å². The van der Waals surface area contributed by atoms with Crippen LogP contribution in [-0.2, 0) is 23.0 Å². The molecule has 8 heteroatoms. The van der Waals surface area contributed by atoms with Gasteiger partial charge in [0.15, 0.2) is 5.65 Å². The number of hydrogen-bond acceptors (Lipinski definition) is 4. The summed E-state index contributed by atoms with van der Waals surface area (Å²) in [6.07, 6.45) is 2.57. The molecule has 0 aliphatic carbocycles. The molecule has 0 amide bonds. The fourth-order valence-electron chi connectivity index (χ4n) is 3.47. The first-order chi connectivity index (χ1) is 14.8. The summed E-state index contributed by atoms with van der Waals surface area (Å²) in [4.78, 5) is 12.7. The minimum Gasteiger partial charge on any atom is -0.280 e. The van der Waals surface area contributed by atoms with Crippen molar-refractivity contribution in [1.82, 2.24) is 14.2 Å². The highest BCUT2D eigenvalue weighted by Crippen LogP contribution is 2.19. The molecule has 1 N–H and O–H groups in total. The van der Waals surface area contributed by atoms with E-state index in [1.807, 2.05) is 24.3 Å². The lowest BCUT2D eigenvalue weighted by Crippen LogP contribution is -2.21. The molecule has 0 unspecified atom stereocenters. The van der Waals surface area contributed by atoms with Gasteiger partial charge in [-0.15, -0.1) is 5.10 Å². The predicted octanol–water partition coefficient (Wildman–Crippen LogP) is 3.54. The second-order valence-corrected chi connectivity index (χ2v) is 9.60. The number of fused-ring (bicyclic) bond motifs is 1. The molecule has 4 aromatic rings. The first-order valence-electron chi connectivity index (χ1n) is 10.1. The summed E-state index contributed by atoms with van der Waals surface area (Å²) in [5, 5.41) is 4.32. The molecule has 2 heterocycles. The third kappa shape index (κ3) is 4.69. The highest BCUT2D eigenvalue weighted by molar-refractivity contribution is 7.92. The molecule has 0 fully saturated rings. The van der Waals surface area contributed by atoms with Gasteiger partial charge >= 0.3 is 5.69 Å². The number of sulfonamides is 1. The molecule has 4 rings (SSSR count). The van der Waals surface area contributed by atoms with E-state index in [2.05, 4.69) is 23.7 Å². The Labute approximate surface area is 181 Å². The Bertz CT molecular complexity index is 1370. The van der Waals surface area contributed by atoms with Gasteiger partial charge in [0.1, 0.15) is 0 Å². The van der Waals surface area contributed by atoms with E-state index in [1.54, 1.807) is 48.7 Å². The van der Waals surface area contributed by atoms with E-state index >= 15 is 0 Å². The summed E-state index contributed by atoms with van der Waals surface area (Å²) in [7, 11) is -3.72. The number of aromatic nitrogens is 3. The lowest BCUT2D eigenvalue weighted by Gasteiger charge is -2.11. The third-order valence-corrected chi connectivity index (χ3v) is 6.27. The molecular weight excluding hydrogens is 412 g/mol. The molecule has 2 aromatic heterocycles. The highest BCUT2D eigenvalue weighted by atomic mass is 32.2. The normalized spacial score (nSPS) is 11.8. The minimum absolute atomic E-state index is 0.210. The van der Waals surface area contributed by atoms with Crippen LogP contribution in [0, 0.1) is 5.92 Å². The number of nitrogens with zero attached hydrogens (tertiary/aromatic N) is 3. The standard InChI is InChI=1S/C23H24N4O3S/c1-17(2)14-18-9-11-21(12-10-18)31(29,30)25-20-7-5-6-19(15-20)16-27-23(28)26-13-4-3-8-22(26)24-27/h3-13,15,17,25H,14,16H2,1-2H3. The van der Waals surface area contributed by atoms with Gasteiger partial charge in [-0.1, -0.05) is 44.2 Å². The highest BCUT2D eigenvalue weighted by Gasteiger charge is 2.15. The molecule has 0 radical (unpaired) electrons. The Balaban J connectivity index is 1.53. The van der Waals surface area contributed by atoms with E-state index in [4.69, 9.17) is 0 Å². The van der Waals surface area contributed by atoms with Gasteiger partial charge < -0.3 is 0 Å². The number of nitrogens with one attached hydrogen (secondary N) is 1. The topological polar surface area (TPSA) is 85.5 Å². The van der Waals surface area contributed by atoms with Gasteiger partial charge in [0.05, 0.1) is 11.4 Å². The second kappa shape index (κ2) is 8.39. The molecule has 0 spiro atoms. The quantitative estimate of drug-likeness (QED) is 0.480. The molecule has 0 atom stereocenters. The van der Waals surface area contributed by atoms with Crippen molar-refractivity contribution in [3.05, 3.63) is 94.5 Å². The fourth-order valence-corrected chi connectivity index (χ4v) is 4.52.